The van der Waals surface area contributed by atoms with Gasteiger partial charge in [-0.1, -0.05) is 88.6 Å². The number of hydrogen-bond donors (Lipinski definition) is 0. The van der Waals surface area contributed by atoms with Gasteiger partial charge in [-0.3, -0.25) is 0 Å². The Morgan fingerprint density at radius 1 is 0.421 bits per heavy atom. The lowest BCUT2D eigenvalue weighted by Crippen LogP contribution is -2.56. The lowest BCUT2D eigenvalue weighted by atomic mass is 9.59. The van der Waals surface area contributed by atoms with Crippen molar-refractivity contribution in [1.29, 1.82) is 0 Å². The van der Waals surface area contributed by atoms with E-state index in [-0.39, 0.29) is 54.6 Å². The summed E-state index contributed by atoms with van der Waals surface area (Å²) in [5, 5.41) is 1.98. The van der Waals surface area contributed by atoms with E-state index >= 15 is 0 Å². The summed E-state index contributed by atoms with van der Waals surface area (Å²) >= 11 is 0. The molecule has 9 aromatic rings. The summed E-state index contributed by atoms with van der Waals surface area (Å²) in [6, 6.07) is 40.0. The normalized spacial score (nSPS) is 11.5. The van der Waals surface area contributed by atoms with Gasteiger partial charge in [0.05, 0.1) is 5.52 Å². The first kappa shape index (κ1) is 36.9. The van der Waals surface area contributed by atoms with Gasteiger partial charge in [0.1, 0.15) is 89.6 Å². The van der Waals surface area contributed by atoms with Crippen LogP contribution < -0.4 is 59.5 Å². The maximum atomic E-state index is 6.84. The average molecular weight is 701 g/mol. The van der Waals surface area contributed by atoms with Crippen LogP contribution in [0.5, 0.6) is 0 Å². The number of nitrogens with zero attached hydrogens (tertiary/aromatic N) is 2. The van der Waals surface area contributed by atoms with Crippen LogP contribution in [0.2, 0.25) is 0 Å². The molecule has 9 rings (SSSR count). The van der Waals surface area contributed by atoms with Crippen LogP contribution in [0, 0.1) is 0 Å². The number of aromatic nitrogens is 1. The largest absolute Gasteiger partial charge is 0.453 e. The van der Waals surface area contributed by atoms with Crippen LogP contribution >= 0.6 is 0 Å². The minimum atomic E-state index is 0.103. The summed E-state index contributed by atoms with van der Waals surface area (Å²) in [7, 11) is 63.9. The molecule has 20 radical (unpaired) electrons. The molecule has 0 atom stereocenters. The van der Waals surface area contributed by atoms with Gasteiger partial charge in [0.15, 0.2) is 5.58 Å². The number of anilines is 3. The SMILES string of the molecule is [B]c1c([B])c([B])c(-c2ccc(N(c3cccc(-c4cccc5c4oc4c6ccccc6n(-c6ccccc6)c54)c3)c3c([B])c([B])c([B])c([B])c3[B])cc2)c([B])c1[B]. The first-order valence-electron chi connectivity index (χ1n) is 18.0. The van der Waals surface area contributed by atoms with Crippen LogP contribution in [0.15, 0.2) is 126 Å². The Labute approximate surface area is 344 Å². The van der Waals surface area contributed by atoms with E-state index in [0.29, 0.717) is 28.2 Å². The molecule has 0 amide bonds. The zero-order valence-corrected chi connectivity index (χ0v) is 30.6. The fraction of sp³-hybridized carbons (Fsp3) is 0. The summed E-state index contributed by atoms with van der Waals surface area (Å²) in [4.78, 5) is 1.87. The molecule has 0 spiro atoms. The maximum Gasteiger partial charge on any atom is 0.161 e. The maximum absolute atomic E-state index is 6.84. The van der Waals surface area contributed by atoms with Crippen molar-refractivity contribution < 1.29 is 4.42 Å². The van der Waals surface area contributed by atoms with E-state index in [2.05, 4.69) is 34.9 Å². The van der Waals surface area contributed by atoms with Crippen molar-refractivity contribution in [1.82, 2.24) is 4.57 Å². The van der Waals surface area contributed by atoms with Gasteiger partial charge in [-0.15, -0.1) is 32.8 Å². The highest BCUT2D eigenvalue weighted by Gasteiger charge is 2.24. The van der Waals surface area contributed by atoms with Gasteiger partial charge in [0, 0.05) is 39.1 Å². The van der Waals surface area contributed by atoms with E-state index in [0.717, 1.165) is 49.8 Å². The molecule has 242 valence electrons. The number of benzene rings is 7. The van der Waals surface area contributed by atoms with Crippen molar-refractivity contribution >= 4 is 183 Å². The summed E-state index contributed by atoms with van der Waals surface area (Å²) in [6.07, 6.45) is 0. The Bertz CT molecular complexity index is 3030. The van der Waals surface area contributed by atoms with Gasteiger partial charge in [-0.25, -0.2) is 0 Å². The smallest absolute Gasteiger partial charge is 0.161 e. The molecule has 0 saturated carbocycles. The molecule has 13 heteroatoms. The fourth-order valence-electron chi connectivity index (χ4n) is 7.80. The number of rotatable bonds is 6. The second-order valence-electron chi connectivity index (χ2n) is 13.9. The molecule has 2 heterocycles. The van der Waals surface area contributed by atoms with E-state index in [1.807, 2.05) is 95.9 Å². The minimum absolute atomic E-state index is 0.103. The molecule has 0 N–H and O–H groups in total. The van der Waals surface area contributed by atoms with Crippen molar-refractivity contribution in [3.8, 4) is 27.9 Å². The van der Waals surface area contributed by atoms with E-state index in [4.69, 9.17) is 82.9 Å². The molecule has 2 aromatic heterocycles. The second kappa shape index (κ2) is 14.1. The molecule has 0 aliphatic rings. The quantitative estimate of drug-likeness (QED) is 0.233. The number of furan rings is 1. The molecule has 0 saturated heterocycles. The number of hydrogen-bond acceptors (Lipinski definition) is 2. The molecule has 0 fully saturated rings. The fourth-order valence-corrected chi connectivity index (χ4v) is 7.80. The second-order valence-corrected chi connectivity index (χ2v) is 13.9. The van der Waals surface area contributed by atoms with Gasteiger partial charge >= 0.3 is 0 Å². The molecular formula is C44H20B10N2O. The van der Waals surface area contributed by atoms with E-state index in [1.165, 1.54) is 0 Å². The lowest BCUT2D eigenvalue weighted by Gasteiger charge is -2.33. The van der Waals surface area contributed by atoms with Gasteiger partial charge in [0.25, 0.3) is 0 Å². The van der Waals surface area contributed by atoms with Gasteiger partial charge in [-0.05, 0) is 71.3 Å². The van der Waals surface area contributed by atoms with Gasteiger partial charge < -0.3 is 13.9 Å². The molecule has 0 aliphatic carbocycles. The zero-order chi connectivity index (χ0) is 39.9. The van der Waals surface area contributed by atoms with Crippen LogP contribution in [0.3, 0.4) is 0 Å². The van der Waals surface area contributed by atoms with Crippen LogP contribution in [0.25, 0.3) is 60.9 Å². The molecule has 0 unspecified atom stereocenters. The minimum Gasteiger partial charge on any atom is -0.453 e. The van der Waals surface area contributed by atoms with Crippen LogP contribution in [0.1, 0.15) is 0 Å². The Morgan fingerprint density at radius 3 is 1.65 bits per heavy atom. The van der Waals surface area contributed by atoms with Gasteiger partial charge in [0.2, 0.25) is 0 Å². The third-order valence-electron chi connectivity index (χ3n) is 10.7. The molecular weight excluding hydrogens is 681 g/mol. The van der Waals surface area contributed by atoms with Crippen molar-refractivity contribution in [2.24, 2.45) is 0 Å². The highest BCUT2D eigenvalue weighted by atomic mass is 16.3. The monoisotopic (exact) mass is 702 g/mol. The topological polar surface area (TPSA) is 21.3 Å². The molecule has 7 aromatic carbocycles. The summed E-state index contributed by atoms with van der Waals surface area (Å²) in [6.45, 7) is 0. The van der Waals surface area contributed by atoms with Crippen molar-refractivity contribution in [3.63, 3.8) is 0 Å². The standard InChI is InChI=1S/C44H20B10N2O/c45-31-30(32(46)34(48)35(49)33(31)47)21-16-18-24(19-17-21)55(42-39(53)37(51)36(50)38(52)40(42)54)25-11-6-8-22(20-25)26-13-7-14-28-41-44(57-43(26)28)27-12-4-5-15-29(27)56(41)23-9-2-1-3-10-23/h1-20H. The van der Waals surface area contributed by atoms with E-state index in [9.17, 15) is 0 Å². The van der Waals surface area contributed by atoms with Crippen molar-refractivity contribution in [2.45, 2.75) is 0 Å². The average Bonchev–Trinajstić information content (AvgIpc) is 3.78. The number of fused-ring (bicyclic) bond motifs is 5. The molecule has 0 aliphatic heterocycles. The first-order valence-corrected chi connectivity index (χ1v) is 18.0. The Morgan fingerprint density at radius 2 is 0.982 bits per heavy atom. The lowest BCUT2D eigenvalue weighted by molar-refractivity contribution is 0.674. The first-order chi connectivity index (χ1) is 27.5. The van der Waals surface area contributed by atoms with Crippen LogP contribution in [-0.4, -0.2) is 83.0 Å². The predicted molar refractivity (Wildman–Crippen MR) is 250 cm³/mol. The van der Waals surface area contributed by atoms with Crippen molar-refractivity contribution in [3.05, 3.63) is 121 Å². The highest BCUT2D eigenvalue weighted by molar-refractivity contribution is 6.70. The third kappa shape index (κ3) is 5.72. The predicted octanol–water partition coefficient (Wildman–Crippen LogP) is 0.272. The molecule has 57 heavy (non-hydrogen) atoms. The third-order valence-corrected chi connectivity index (χ3v) is 10.7. The Balaban J connectivity index is 1.24. The Kier molecular flexibility index (Phi) is 9.11. The van der Waals surface area contributed by atoms with Crippen LogP contribution in [-0.2, 0) is 0 Å². The molecule has 0 bridgehead atoms. The summed E-state index contributed by atoms with van der Waals surface area (Å²) in [5.41, 5.74) is 10.7. The Hall–Kier alpha value is -5.67. The summed E-state index contributed by atoms with van der Waals surface area (Å²) < 4.78 is 9.08. The van der Waals surface area contributed by atoms with Crippen molar-refractivity contribution in [2.75, 3.05) is 4.90 Å². The molecule has 3 nitrogen and oxygen atoms in total. The van der Waals surface area contributed by atoms with Gasteiger partial charge in [-0.2, -0.15) is 0 Å². The van der Waals surface area contributed by atoms with Crippen LogP contribution in [0.4, 0.5) is 17.1 Å². The summed E-state index contributed by atoms with van der Waals surface area (Å²) in [5.74, 6) is 0. The van der Waals surface area contributed by atoms with E-state index in [1.54, 1.807) is 0 Å². The highest BCUT2D eigenvalue weighted by Crippen LogP contribution is 2.43. The van der Waals surface area contributed by atoms with E-state index < -0.39 is 0 Å². The number of para-hydroxylation sites is 3. The zero-order valence-electron chi connectivity index (χ0n) is 30.6.